The molecule has 2 aromatic rings. The van der Waals surface area contributed by atoms with Crippen molar-refractivity contribution < 1.29 is 14.0 Å². The van der Waals surface area contributed by atoms with Crippen LogP contribution in [0.15, 0.2) is 27.2 Å². The number of ether oxygens (including phenoxy) is 2. The lowest BCUT2D eigenvalue weighted by Crippen LogP contribution is -1.97. The molecule has 0 fully saturated rings. The van der Waals surface area contributed by atoms with Gasteiger partial charge in [-0.1, -0.05) is 12.1 Å². The van der Waals surface area contributed by atoms with Crippen molar-refractivity contribution in [1.29, 1.82) is 0 Å². The molecule has 0 aliphatic heterocycles. The van der Waals surface area contributed by atoms with Crippen molar-refractivity contribution in [3.05, 3.63) is 34.4 Å². The Kier molecular flexibility index (Phi) is 4.79. The van der Waals surface area contributed by atoms with E-state index in [0.717, 1.165) is 28.9 Å². The Bertz CT molecular complexity index is 542. The average molecular weight is 327 g/mol. The molecule has 5 nitrogen and oxygen atoms in total. The highest BCUT2D eigenvalue weighted by atomic mass is 79.9. The molecule has 0 bridgehead atoms. The molecule has 0 spiro atoms. The molecule has 1 aromatic heterocycles. The van der Waals surface area contributed by atoms with Crippen LogP contribution in [0.1, 0.15) is 25.1 Å². The molecule has 0 atom stereocenters. The fourth-order valence-electron chi connectivity index (χ4n) is 1.54. The summed E-state index contributed by atoms with van der Waals surface area (Å²) in [6.45, 7) is 2.32. The number of hydrogen-bond acceptors (Lipinski definition) is 5. The molecule has 1 heterocycles. The summed E-state index contributed by atoms with van der Waals surface area (Å²) in [5, 5.41) is 3.87. The normalized spacial score (nSPS) is 10.5. The predicted molar refractivity (Wildman–Crippen MR) is 73.3 cm³/mol. The Morgan fingerprint density at radius 1 is 1.37 bits per heavy atom. The van der Waals surface area contributed by atoms with E-state index in [1.807, 2.05) is 18.2 Å². The summed E-state index contributed by atoms with van der Waals surface area (Å²) < 4.78 is 16.6. The van der Waals surface area contributed by atoms with Crippen molar-refractivity contribution in [3.8, 4) is 11.5 Å². The molecule has 0 N–H and O–H groups in total. The van der Waals surface area contributed by atoms with Crippen LogP contribution in [0.3, 0.4) is 0 Å². The van der Waals surface area contributed by atoms with Gasteiger partial charge in [0.05, 0.1) is 11.6 Å². The number of benzene rings is 1. The van der Waals surface area contributed by atoms with Gasteiger partial charge in [0.15, 0.2) is 12.4 Å². The van der Waals surface area contributed by atoms with E-state index in [4.69, 9.17) is 14.0 Å². The minimum Gasteiger partial charge on any atom is -0.497 e. The first kappa shape index (κ1) is 13.9. The van der Waals surface area contributed by atoms with Crippen LogP contribution in [0.5, 0.6) is 11.5 Å². The molecule has 0 saturated heterocycles. The summed E-state index contributed by atoms with van der Waals surface area (Å²) in [5.74, 6) is 2.67. The quantitative estimate of drug-likeness (QED) is 0.814. The van der Waals surface area contributed by atoms with Gasteiger partial charge in [-0.15, -0.1) is 0 Å². The predicted octanol–water partition coefficient (Wildman–Crippen LogP) is 3.37. The maximum absolute atomic E-state index is 5.62. The number of methoxy groups -OCH3 is 1. The Morgan fingerprint density at radius 2 is 2.21 bits per heavy atom. The van der Waals surface area contributed by atoms with E-state index in [9.17, 15) is 0 Å². The number of halogens is 1. The molecule has 1 aromatic carbocycles. The van der Waals surface area contributed by atoms with E-state index in [0.29, 0.717) is 11.6 Å². The fourth-order valence-corrected chi connectivity index (χ4v) is 2.01. The van der Waals surface area contributed by atoms with Gasteiger partial charge in [0.2, 0.25) is 0 Å². The third-order valence-corrected chi connectivity index (χ3v) is 3.09. The molecule has 0 saturated carbocycles. The van der Waals surface area contributed by atoms with Crippen molar-refractivity contribution in [2.24, 2.45) is 0 Å². The number of aryl methyl sites for hydroxylation is 1. The first-order valence-corrected chi connectivity index (χ1v) is 6.80. The van der Waals surface area contributed by atoms with E-state index in [1.54, 1.807) is 7.11 Å². The summed E-state index contributed by atoms with van der Waals surface area (Å²) >= 11 is 3.42. The molecule has 19 heavy (non-hydrogen) atoms. The summed E-state index contributed by atoms with van der Waals surface area (Å²) in [5.41, 5.74) is 0. The minimum atomic E-state index is 0.252. The Balaban J connectivity index is 1.97. The molecule has 2 rings (SSSR count). The zero-order chi connectivity index (χ0) is 13.7. The molecule has 0 unspecified atom stereocenters. The largest absolute Gasteiger partial charge is 0.497 e. The van der Waals surface area contributed by atoms with Crippen molar-refractivity contribution in [2.75, 3.05) is 7.11 Å². The van der Waals surface area contributed by atoms with Gasteiger partial charge in [0, 0.05) is 6.42 Å². The number of hydrogen-bond donors (Lipinski definition) is 0. The topological polar surface area (TPSA) is 57.4 Å². The third kappa shape index (κ3) is 3.70. The molecular weight excluding hydrogens is 312 g/mol. The van der Waals surface area contributed by atoms with Gasteiger partial charge in [0.1, 0.15) is 11.5 Å². The van der Waals surface area contributed by atoms with Gasteiger partial charge in [-0.25, -0.2) is 0 Å². The molecule has 0 aliphatic rings. The highest BCUT2D eigenvalue weighted by molar-refractivity contribution is 9.10. The fraction of sp³-hybridized carbons (Fsp3) is 0.385. The first-order chi connectivity index (χ1) is 9.22. The Labute approximate surface area is 120 Å². The van der Waals surface area contributed by atoms with Crippen LogP contribution in [0.2, 0.25) is 0 Å². The summed E-state index contributed by atoms with van der Waals surface area (Å²) in [6, 6.07) is 5.49. The first-order valence-electron chi connectivity index (χ1n) is 6.00. The smallest absolute Gasteiger partial charge is 0.264 e. The van der Waals surface area contributed by atoms with Gasteiger partial charge >= 0.3 is 0 Å². The SMILES string of the molecule is CCCc1noc(COc2ccc(OC)cc2Br)n1. The molecule has 0 aliphatic carbocycles. The second kappa shape index (κ2) is 6.56. The van der Waals surface area contributed by atoms with Crippen LogP contribution in [0.25, 0.3) is 0 Å². The zero-order valence-electron chi connectivity index (χ0n) is 10.9. The lowest BCUT2D eigenvalue weighted by molar-refractivity contribution is 0.241. The van der Waals surface area contributed by atoms with E-state index >= 15 is 0 Å². The molecule has 0 radical (unpaired) electrons. The van der Waals surface area contributed by atoms with E-state index in [2.05, 4.69) is 33.0 Å². The lowest BCUT2D eigenvalue weighted by Gasteiger charge is -2.07. The zero-order valence-corrected chi connectivity index (χ0v) is 12.4. The van der Waals surface area contributed by atoms with Gasteiger partial charge in [-0.3, -0.25) is 0 Å². The van der Waals surface area contributed by atoms with Crippen LogP contribution in [-0.2, 0) is 13.0 Å². The van der Waals surface area contributed by atoms with Crippen LogP contribution in [-0.4, -0.2) is 17.3 Å². The minimum absolute atomic E-state index is 0.252. The van der Waals surface area contributed by atoms with E-state index in [1.165, 1.54) is 0 Å². The average Bonchev–Trinajstić information content (AvgIpc) is 2.85. The summed E-state index contributed by atoms with van der Waals surface area (Å²) in [7, 11) is 1.62. The van der Waals surface area contributed by atoms with Gasteiger partial charge in [-0.2, -0.15) is 4.98 Å². The second-order valence-electron chi connectivity index (χ2n) is 3.94. The maximum Gasteiger partial charge on any atom is 0.264 e. The van der Waals surface area contributed by atoms with Crippen molar-refractivity contribution in [3.63, 3.8) is 0 Å². The molecular formula is C13H15BrN2O3. The Hall–Kier alpha value is -1.56. The van der Waals surface area contributed by atoms with Gasteiger partial charge < -0.3 is 14.0 Å². The highest BCUT2D eigenvalue weighted by Crippen LogP contribution is 2.29. The van der Waals surface area contributed by atoms with Crippen LogP contribution in [0.4, 0.5) is 0 Å². The third-order valence-electron chi connectivity index (χ3n) is 2.47. The summed E-state index contributed by atoms with van der Waals surface area (Å²) in [6.07, 6.45) is 1.81. The van der Waals surface area contributed by atoms with Gasteiger partial charge in [0.25, 0.3) is 5.89 Å². The van der Waals surface area contributed by atoms with Crippen LogP contribution >= 0.6 is 15.9 Å². The lowest BCUT2D eigenvalue weighted by atomic mass is 10.3. The van der Waals surface area contributed by atoms with E-state index < -0.39 is 0 Å². The summed E-state index contributed by atoms with van der Waals surface area (Å²) in [4.78, 5) is 4.24. The van der Waals surface area contributed by atoms with Gasteiger partial charge in [-0.05, 0) is 40.5 Å². The van der Waals surface area contributed by atoms with Crippen molar-refractivity contribution >= 4 is 15.9 Å². The van der Waals surface area contributed by atoms with E-state index in [-0.39, 0.29) is 6.61 Å². The molecule has 102 valence electrons. The highest BCUT2D eigenvalue weighted by Gasteiger charge is 2.08. The standard InChI is InChI=1S/C13H15BrN2O3/c1-3-4-12-15-13(19-16-12)8-18-11-6-5-9(17-2)7-10(11)14/h5-7H,3-4,8H2,1-2H3. The van der Waals surface area contributed by atoms with Crippen LogP contribution in [0, 0.1) is 0 Å². The van der Waals surface area contributed by atoms with Crippen molar-refractivity contribution in [1.82, 2.24) is 10.1 Å². The number of aromatic nitrogens is 2. The van der Waals surface area contributed by atoms with Crippen LogP contribution < -0.4 is 9.47 Å². The number of nitrogens with zero attached hydrogens (tertiary/aromatic N) is 2. The maximum atomic E-state index is 5.62. The molecule has 6 heteroatoms. The number of rotatable bonds is 6. The monoisotopic (exact) mass is 326 g/mol. The Morgan fingerprint density at radius 3 is 2.89 bits per heavy atom. The molecule has 0 amide bonds. The van der Waals surface area contributed by atoms with Crippen molar-refractivity contribution in [2.45, 2.75) is 26.4 Å². The second-order valence-corrected chi connectivity index (χ2v) is 4.79.